The van der Waals surface area contributed by atoms with Gasteiger partial charge in [-0.3, -0.25) is 24.5 Å². The first-order valence-corrected chi connectivity index (χ1v) is 9.60. The van der Waals surface area contributed by atoms with E-state index in [4.69, 9.17) is 5.11 Å². The van der Waals surface area contributed by atoms with Crippen LogP contribution in [0.15, 0.2) is 36.4 Å². The van der Waals surface area contributed by atoms with Crippen molar-refractivity contribution < 1.29 is 24.4 Å². The van der Waals surface area contributed by atoms with Crippen molar-refractivity contribution in [3.63, 3.8) is 0 Å². The van der Waals surface area contributed by atoms with Crippen LogP contribution in [-0.2, 0) is 9.59 Å². The highest BCUT2D eigenvalue weighted by molar-refractivity contribution is 6.05. The quantitative estimate of drug-likeness (QED) is 0.198. The third-order valence-corrected chi connectivity index (χ3v) is 5.15. The maximum absolute atomic E-state index is 12.3. The summed E-state index contributed by atoms with van der Waals surface area (Å²) in [5.41, 5.74) is 0.126. The predicted molar refractivity (Wildman–Crippen MR) is 103 cm³/mol. The second-order valence-corrected chi connectivity index (χ2v) is 7.15. The van der Waals surface area contributed by atoms with E-state index < -0.39 is 10.9 Å². The van der Waals surface area contributed by atoms with E-state index in [0.717, 1.165) is 25.7 Å². The van der Waals surface area contributed by atoms with E-state index in [2.05, 4.69) is 0 Å². The molecule has 2 rings (SSSR count). The highest BCUT2D eigenvalue weighted by Crippen LogP contribution is 2.34. The SMILES string of the molecule is O=C(O)CCCCCCC1C(=O)CCC1C=CC(=O)c1cccc([N+](=O)[O-])c1. The molecule has 0 aliphatic heterocycles. The van der Waals surface area contributed by atoms with Gasteiger partial charge in [0.25, 0.3) is 5.69 Å². The van der Waals surface area contributed by atoms with E-state index in [1.807, 2.05) is 0 Å². The van der Waals surface area contributed by atoms with Crippen LogP contribution in [0.25, 0.3) is 0 Å². The number of carboxylic acid groups (broad SMARTS) is 1. The van der Waals surface area contributed by atoms with Gasteiger partial charge in [0.15, 0.2) is 5.78 Å². The number of hydrogen-bond donors (Lipinski definition) is 1. The molecule has 1 aliphatic rings. The van der Waals surface area contributed by atoms with E-state index in [1.54, 1.807) is 6.08 Å². The van der Waals surface area contributed by atoms with Gasteiger partial charge < -0.3 is 5.11 Å². The van der Waals surface area contributed by atoms with Crippen molar-refractivity contribution >= 4 is 23.2 Å². The average molecular weight is 387 g/mol. The van der Waals surface area contributed by atoms with Crippen LogP contribution in [0.2, 0.25) is 0 Å². The van der Waals surface area contributed by atoms with Crippen LogP contribution >= 0.6 is 0 Å². The third kappa shape index (κ3) is 6.40. The molecule has 0 saturated heterocycles. The highest BCUT2D eigenvalue weighted by Gasteiger charge is 2.32. The lowest BCUT2D eigenvalue weighted by molar-refractivity contribution is -0.384. The van der Waals surface area contributed by atoms with Gasteiger partial charge in [-0.25, -0.2) is 0 Å². The number of unbranched alkanes of at least 4 members (excludes halogenated alkanes) is 3. The number of nitrogens with zero attached hydrogens (tertiary/aromatic N) is 1. The van der Waals surface area contributed by atoms with E-state index in [-0.39, 0.29) is 41.1 Å². The lowest BCUT2D eigenvalue weighted by Gasteiger charge is -2.14. The zero-order chi connectivity index (χ0) is 20.5. The van der Waals surface area contributed by atoms with E-state index in [0.29, 0.717) is 19.3 Å². The standard InChI is InChI=1S/C21H25NO6/c23-19(16-6-5-7-17(14-16)22(27)28)12-10-15-11-13-20(24)18(15)8-3-1-2-4-9-21(25)26/h5-7,10,12,14-15,18H,1-4,8-9,11,13H2,(H,25,26). The molecule has 1 aliphatic carbocycles. The summed E-state index contributed by atoms with van der Waals surface area (Å²) >= 11 is 0. The van der Waals surface area contributed by atoms with Gasteiger partial charge in [-0.15, -0.1) is 0 Å². The normalized spacial score (nSPS) is 19.2. The second kappa shape index (κ2) is 10.5. The summed E-state index contributed by atoms with van der Waals surface area (Å²) in [7, 11) is 0. The van der Waals surface area contributed by atoms with Gasteiger partial charge in [0.2, 0.25) is 0 Å². The fourth-order valence-electron chi connectivity index (χ4n) is 3.61. The van der Waals surface area contributed by atoms with Gasteiger partial charge in [-0.1, -0.05) is 37.5 Å². The molecule has 150 valence electrons. The van der Waals surface area contributed by atoms with Gasteiger partial charge in [0.1, 0.15) is 5.78 Å². The van der Waals surface area contributed by atoms with Crippen LogP contribution in [0.1, 0.15) is 61.7 Å². The Kier molecular flexibility index (Phi) is 8.04. The number of benzene rings is 1. The van der Waals surface area contributed by atoms with E-state index in [1.165, 1.54) is 30.3 Å². The Morgan fingerprint density at radius 3 is 2.68 bits per heavy atom. The summed E-state index contributed by atoms with van der Waals surface area (Å²) in [5, 5.41) is 19.5. The smallest absolute Gasteiger partial charge is 0.303 e. The van der Waals surface area contributed by atoms with Crippen LogP contribution in [0, 0.1) is 22.0 Å². The van der Waals surface area contributed by atoms with Crippen LogP contribution < -0.4 is 0 Å². The maximum atomic E-state index is 12.3. The molecular formula is C21H25NO6. The molecule has 1 aromatic carbocycles. The van der Waals surface area contributed by atoms with Gasteiger partial charge in [-0.2, -0.15) is 0 Å². The Hall–Kier alpha value is -2.83. The summed E-state index contributed by atoms with van der Waals surface area (Å²) in [4.78, 5) is 45.3. The molecule has 28 heavy (non-hydrogen) atoms. The highest BCUT2D eigenvalue weighted by atomic mass is 16.6. The number of carboxylic acids is 1. The number of rotatable bonds is 11. The minimum atomic E-state index is -0.787. The Bertz CT molecular complexity index is 770. The van der Waals surface area contributed by atoms with Crippen LogP contribution in [-0.4, -0.2) is 27.6 Å². The number of nitro groups is 1. The number of nitro benzene ring substituents is 1. The molecule has 7 nitrogen and oxygen atoms in total. The molecular weight excluding hydrogens is 362 g/mol. The number of allylic oxidation sites excluding steroid dienone is 2. The molecule has 0 bridgehead atoms. The first-order chi connectivity index (χ1) is 13.4. The zero-order valence-electron chi connectivity index (χ0n) is 15.7. The molecule has 1 N–H and O–H groups in total. The van der Waals surface area contributed by atoms with Gasteiger partial charge in [-0.05, 0) is 31.3 Å². The van der Waals surface area contributed by atoms with Crippen molar-refractivity contribution in [1.82, 2.24) is 0 Å². The van der Waals surface area contributed by atoms with Gasteiger partial charge >= 0.3 is 5.97 Å². The second-order valence-electron chi connectivity index (χ2n) is 7.15. The largest absolute Gasteiger partial charge is 0.481 e. The lowest BCUT2D eigenvalue weighted by Crippen LogP contribution is -2.13. The molecule has 1 aromatic rings. The number of Topliss-reactive ketones (excluding diaryl/α,β-unsaturated/α-hetero) is 1. The Balaban J connectivity index is 1.88. The molecule has 0 amide bonds. The Morgan fingerprint density at radius 2 is 1.96 bits per heavy atom. The van der Waals surface area contributed by atoms with E-state index in [9.17, 15) is 24.5 Å². The number of carbonyl (C=O) groups excluding carboxylic acids is 2. The average Bonchev–Trinajstić information content (AvgIpc) is 3.02. The molecule has 0 aromatic heterocycles. The summed E-state index contributed by atoms with van der Waals surface area (Å²) in [6.45, 7) is 0. The molecule has 2 atom stereocenters. The van der Waals surface area contributed by atoms with Crippen molar-refractivity contribution in [3.8, 4) is 0 Å². The first-order valence-electron chi connectivity index (χ1n) is 9.60. The Morgan fingerprint density at radius 1 is 1.21 bits per heavy atom. The molecule has 7 heteroatoms. The molecule has 1 fully saturated rings. The van der Waals surface area contributed by atoms with Crippen molar-refractivity contribution in [1.29, 1.82) is 0 Å². The third-order valence-electron chi connectivity index (χ3n) is 5.15. The van der Waals surface area contributed by atoms with Crippen LogP contribution in [0.5, 0.6) is 0 Å². The van der Waals surface area contributed by atoms with E-state index >= 15 is 0 Å². The fraction of sp³-hybridized carbons (Fsp3) is 0.476. The van der Waals surface area contributed by atoms with Crippen molar-refractivity contribution in [2.24, 2.45) is 11.8 Å². The first kappa shape index (κ1) is 21.5. The number of non-ortho nitro benzene ring substituents is 1. The van der Waals surface area contributed by atoms with Crippen LogP contribution in [0.4, 0.5) is 5.69 Å². The lowest BCUT2D eigenvalue weighted by atomic mass is 9.89. The summed E-state index contributed by atoms with van der Waals surface area (Å²) in [6, 6.07) is 5.60. The minimum Gasteiger partial charge on any atom is -0.481 e. The molecule has 0 heterocycles. The number of aliphatic carboxylic acids is 1. The van der Waals surface area contributed by atoms with Gasteiger partial charge in [0.05, 0.1) is 4.92 Å². The topological polar surface area (TPSA) is 115 Å². The number of ketones is 2. The van der Waals surface area contributed by atoms with Gasteiger partial charge in [0, 0.05) is 36.5 Å². The molecule has 0 radical (unpaired) electrons. The molecule has 1 saturated carbocycles. The summed E-state index contributed by atoms with van der Waals surface area (Å²) in [6.07, 6.45) is 8.54. The zero-order valence-corrected chi connectivity index (χ0v) is 15.7. The van der Waals surface area contributed by atoms with Crippen molar-refractivity contribution in [2.75, 3.05) is 0 Å². The maximum Gasteiger partial charge on any atom is 0.303 e. The number of hydrogen-bond acceptors (Lipinski definition) is 5. The van der Waals surface area contributed by atoms with Crippen molar-refractivity contribution in [2.45, 2.75) is 51.4 Å². The summed E-state index contributed by atoms with van der Waals surface area (Å²) < 4.78 is 0. The summed E-state index contributed by atoms with van der Waals surface area (Å²) in [5.74, 6) is -0.981. The Labute approximate surface area is 163 Å². The number of carbonyl (C=O) groups is 3. The predicted octanol–water partition coefficient (Wildman–Crippen LogP) is 4.35. The molecule has 0 spiro atoms. The fourth-order valence-corrected chi connectivity index (χ4v) is 3.61. The van der Waals surface area contributed by atoms with Crippen LogP contribution in [0.3, 0.4) is 0 Å². The monoisotopic (exact) mass is 387 g/mol. The van der Waals surface area contributed by atoms with Crippen molar-refractivity contribution in [3.05, 3.63) is 52.1 Å². The minimum absolute atomic E-state index is 0.00849. The molecule has 2 unspecified atom stereocenters.